The van der Waals surface area contributed by atoms with Gasteiger partial charge in [-0.1, -0.05) is 176 Å². The molecule has 0 spiro atoms. The lowest BCUT2D eigenvalue weighted by Gasteiger charge is -2.40. The lowest BCUT2D eigenvalue weighted by molar-refractivity contribution is 0.985. The first kappa shape index (κ1) is 33.9. The predicted octanol–water partition coefficient (Wildman–Crippen LogP) is 14.0. The lowest BCUT2D eigenvalue weighted by atomic mass is 9.41. The molecule has 0 radical (unpaired) electrons. The molecule has 0 fully saturated rings. The third-order valence-electron chi connectivity index (χ3n) is 14.0. The summed E-state index contributed by atoms with van der Waals surface area (Å²) in [4.78, 5) is 2.50. The molecule has 3 heteroatoms. The van der Waals surface area contributed by atoms with E-state index in [1.165, 1.54) is 104 Å². The molecule has 0 amide bonds. The fraction of sp³-hybridized carbons (Fsp3) is 0.0169. The predicted molar refractivity (Wildman–Crippen MR) is 264 cm³/mol. The highest BCUT2D eigenvalue weighted by atomic mass is 15.1. The second-order valence-corrected chi connectivity index (χ2v) is 17.3. The van der Waals surface area contributed by atoms with Gasteiger partial charge in [-0.3, -0.25) is 0 Å². The molecule has 0 saturated carbocycles. The minimum atomic E-state index is -0.0162. The number of hydrogen-bond donors (Lipinski definition) is 0. The molecule has 14 rings (SSSR count). The highest BCUT2D eigenvalue weighted by molar-refractivity contribution is 6.88. The van der Waals surface area contributed by atoms with Gasteiger partial charge in [-0.2, -0.15) is 0 Å². The van der Waals surface area contributed by atoms with Crippen molar-refractivity contribution in [3.05, 3.63) is 235 Å². The van der Waals surface area contributed by atoms with Gasteiger partial charge in [-0.25, -0.2) is 0 Å². The highest BCUT2D eigenvalue weighted by Crippen LogP contribution is 2.48. The first-order valence-corrected chi connectivity index (χ1v) is 21.7. The summed E-state index contributed by atoms with van der Waals surface area (Å²) in [5.41, 5.74) is 15.4. The van der Waals surface area contributed by atoms with Gasteiger partial charge in [0.1, 0.15) is 0 Å². The van der Waals surface area contributed by atoms with Crippen molar-refractivity contribution in [1.29, 1.82) is 0 Å². The van der Waals surface area contributed by atoms with Crippen LogP contribution in [0.5, 0.6) is 0 Å². The number of para-hydroxylation sites is 2. The average molecular weight is 785 g/mol. The summed E-state index contributed by atoms with van der Waals surface area (Å²) in [6, 6.07) is 82.2. The van der Waals surface area contributed by atoms with E-state index >= 15 is 0 Å². The molecular formula is C59H37BN2. The Bertz CT molecular complexity index is 3780. The van der Waals surface area contributed by atoms with Crippen LogP contribution in [0.4, 0.5) is 17.1 Å². The maximum atomic E-state index is 2.68. The van der Waals surface area contributed by atoms with Gasteiger partial charge < -0.3 is 9.38 Å². The molecule has 1 atom stereocenters. The van der Waals surface area contributed by atoms with Crippen LogP contribution in [0, 0.1) is 0 Å². The standard InChI is InChI=1S/C59H37BN2/c1-4-15-40-30-45(25-24-37(40)12-1)57-53-33-43-18-7-8-19-44(43)34-55(53)60-58-52(51-22-11-21-50-49-20-9-10-23-56(49)62(60)59(50)51)35-48(36-54(57)58)61(46-28-26-38-13-2-5-16-41(38)31-46)47-29-27-39-14-3-6-17-42(39)32-47/h1-36,57H. The zero-order valence-electron chi connectivity index (χ0n) is 33.8. The second-order valence-electron chi connectivity index (χ2n) is 17.3. The molecule has 0 aliphatic carbocycles. The monoisotopic (exact) mass is 784 g/mol. The summed E-state index contributed by atoms with van der Waals surface area (Å²) in [7, 11) is 0. The van der Waals surface area contributed by atoms with Gasteiger partial charge in [-0.15, -0.1) is 0 Å². The van der Waals surface area contributed by atoms with E-state index in [9.17, 15) is 0 Å². The van der Waals surface area contributed by atoms with Gasteiger partial charge in [-0.05, 0) is 119 Å². The molecule has 0 N–H and O–H groups in total. The second kappa shape index (κ2) is 12.8. The van der Waals surface area contributed by atoms with Crippen LogP contribution in [0.2, 0.25) is 0 Å². The summed E-state index contributed by atoms with van der Waals surface area (Å²) >= 11 is 0. The Hall–Kier alpha value is -7.88. The SMILES string of the molecule is c1ccc2cc(C3c4cc5ccccc5cc4B4c5c(cc(N(c6ccc7ccccc7c6)c6ccc7ccccc7c6)cc53)-c3cccc5c6ccccc6n4c35)ccc2c1. The zero-order valence-corrected chi connectivity index (χ0v) is 33.8. The summed E-state index contributed by atoms with van der Waals surface area (Å²) in [5.74, 6) is -0.0122. The summed E-state index contributed by atoms with van der Waals surface area (Å²) < 4.78 is 2.68. The Morgan fingerprint density at radius 2 is 0.919 bits per heavy atom. The molecule has 1 unspecified atom stereocenters. The Labute approximate surface area is 359 Å². The van der Waals surface area contributed by atoms with Crippen LogP contribution in [0.15, 0.2) is 218 Å². The molecule has 0 bridgehead atoms. The fourth-order valence-electron chi connectivity index (χ4n) is 11.3. The van der Waals surface area contributed by atoms with Crippen LogP contribution in [0.1, 0.15) is 22.6 Å². The molecule has 12 aromatic rings. The number of benzene rings is 11. The van der Waals surface area contributed by atoms with Crippen molar-refractivity contribution >= 4 is 99.7 Å². The number of hydrogen-bond acceptors (Lipinski definition) is 1. The molecule has 3 heterocycles. The number of anilines is 3. The Kier molecular flexibility index (Phi) is 7.01. The molecule has 286 valence electrons. The van der Waals surface area contributed by atoms with Crippen molar-refractivity contribution in [1.82, 2.24) is 4.48 Å². The fourth-order valence-corrected chi connectivity index (χ4v) is 11.3. The Morgan fingerprint density at radius 3 is 1.60 bits per heavy atom. The van der Waals surface area contributed by atoms with Crippen molar-refractivity contribution in [3.8, 4) is 11.1 Å². The van der Waals surface area contributed by atoms with Gasteiger partial charge in [0.05, 0.1) is 0 Å². The quantitative estimate of drug-likeness (QED) is 0.161. The van der Waals surface area contributed by atoms with E-state index in [2.05, 4.69) is 228 Å². The summed E-state index contributed by atoms with van der Waals surface area (Å²) in [5, 5.41) is 12.6. The van der Waals surface area contributed by atoms with Crippen LogP contribution in [-0.4, -0.2) is 11.3 Å². The van der Waals surface area contributed by atoms with Crippen LogP contribution in [-0.2, 0) is 0 Å². The van der Waals surface area contributed by atoms with Crippen LogP contribution in [0.3, 0.4) is 0 Å². The van der Waals surface area contributed by atoms with Gasteiger partial charge in [0, 0.05) is 50.3 Å². The van der Waals surface area contributed by atoms with Gasteiger partial charge in [0.15, 0.2) is 0 Å². The van der Waals surface area contributed by atoms with Crippen LogP contribution in [0.25, 0.3) is 76.0 Å². The minimum absolute atomic E-state index is 0.0122. The maximum Gasteiger partial charge on any atom is 0.329 e. The Morgan fingerprint density at radius 1 is 0.371 bits per heavy atom. The molecule has 0 saturated heterocycles. The molecule has 2 aliphatic rings. The maximum absolute atomic E-state index is 2.68. The van der Waals surface area contributed by atoms with E-state index in [-0.39, 0.29) is 12.8 Å². The molecule has 2 nitrogen and oxygen atoms in total. The first-order valence-electron chi connectivity index (χ1n) is 21.7. The smallest absolute Gasteiger partial charge is 0.329 e. The van der Waals surface area contributed by atoms with E-state index in [1.807, 2.05) is 0 Å². The zero-order chi connectivity index (χ0) is 40.5. The van der Waals surface area contributed by atoms with Gasteiger partial charge >= 0.3 is 6.85 Å². The number of rotatable bonds is 4. The van der Waals surface area contributed by atoms with Crippen molar-refractivity contribution in [2.24, 2.45) is 0 Å². The first-order chi connectivity index (χ1) is 30.7. The van der Waals surface area contributed by atoms with Crippen molar-refractivity contribution in [2.75, 3.05) is 4.90 Å². The number of fused-ring (bicyclic) bond motifs is 11. The third-order valence-corrected chi connectivity index (χ3v) is 14.0. The minimum Gasteiger partial charge on any atom is -0.375 e. The van der Waals surface area contributed by atoms with Gasteiger partial charge in [0.2, 0.25) is 0 Å². The number of nitrogens with zero attached hydrogens (tertiary/aromatic N) is 2. The summed E-state index contributed by atoms with van der Waals surface area (Å²) in [6.07, 6.45) is 0. The number of aromatic nitrogens is 1. The van der Waals surface area contributed by atoms with Crippen molar-refractivity contribution < 1.29 is 0 Å². The average Bonchev–Trinajstić information content (AvgIpc) is 3.67. The topological polar surface area (TPSA) is 8.17 Å². The van der Waals surface area contributed by atoms with E-state index < -0.39 is 0 Å². The van der Waals surface area contributed by atoms with E-state index in [4.69, 9.17) is 0 Å². The highest BCUT2D eigenvalue weighted by Gasteiger charge is 2.44. The molecule has 62 heavy (non-hydrogen) atoms. The normalized spacial score (nSPS) is 13.9. The Balaban J connectivity index is 1.14. The lowest BCUT2D eigenvalue weighted by Crippen LogP contribution is -2.57. The molecule has 1 aromatic heterocycles. The largest absolute Gasteiger partial charge is 0.375 e. The van der Waals surface area contributed by atoms with E-state index in [1.54, 1.807) is 0 Å². The molecule has 11 aromatic carbocycles. The van der Waals surface area contributed by atoms with Crippen molar-refractivity contribution in [2.45, 2.75) is 5.92 Å². The van der Waals surface area contributed by atoms with Crippen LogP contribution >= 0.6 is 0 Å². The van der Waals surface area contributed by atoms with Crippen LogP contribution < -0.4 is 15.8 Å². The van der Waals surface area contributed by atoms with Gasteiger partial charge in [0.25, 0.3) is 0 Å². The molecular weight excluding hydrogens is 747 g/mol. The molecule has 2 aliphatic heterocycles. The van der Waals surface area contributed by atoms with Crippen molar-refractivity contribution in [3.63, 3.8) is 0 Å². The van der Waals surface area contributed by atoms with E-state index in [0.717, 1.165) is 17.1 Å². The summed E-state index contributed by atoms with van der Waals surface area (Å²) in [6.45, 7) is -0.0162. The third kappa shape index (κ3) is 4.82. The van der Waals surface area contributed by atoms with E-state index in [0.29, 0.717) is 0 Å².